The van der Waals surface area contributed by atoms with Gasteiger partial charge in [-0.3, -0.25) is 4.79 Å². The Balaban J connectivity index is 3.20. The van der Waals surface area contributed by atoms with Gasteiger partial charge in [0, 0.05) is 6.42 Å². The van der Waals surface area contributed by atoms with Gasteiger partial charge < -0.3 is 5.11 Å². The van der Waals surface area contributed by atoms with E-state index >= 15 is 0 Å². The highest BCUT2D eigenvalue weighted by Gasteiger charge is 2.73. The van der Waals surface area contributed by atoms with Gasteiger partial charge >= 0.3 is 11.6 Å². The molecule has 0 bridgehead atoms. The van der Waals surface area contributed by atoms with E-state index in [4.69, 9.17) is 0 Å². The summed E-state index contributed by atoms with van der Waals surface area (Å²) >= 11 is 4.37. The van der Waals surface area contributed by atoms with Gasteiger partial charge in [-0.05, 0) is 24.4 Å². The van der Waals surface area contributed by atoms with E-state index in [-0.39, 0.29) is 12.8 Å². The van der Waals surface area contributed by atoms with Crippen LogP contribution in [0.2, 0.25) is 0 Å². The highest BCUT2D eigenvalue weighted by atomic mass is 35.5. The van der Waals surface area contributed by atoms with Crippen LogP contribution in [0.25, 0.3) is 0 Å². The Hall–Kier alpha value is -0.430. The first-order valence-corrected chi connectivity index (χ1v) is 5.28. The van der Waals surface area contributed by atoms with Crippen LogP contribution >= 0.6 is 11.6 Å². The van der Waals surface area contributed by atoms with Gasteiger partial charge in [0.25, 0.3) is 0 Å². The maximum Gasteiger partial charge on any atom is 0.425 e. The van der Waals surface area contributed by atoms with E-state index < -0.39 is 35.3 Å². The fourth-order valence-corrected chi connectivity index (χ4v) is 2.22. The maximum absolute atomic E-state index is 12.9. The van der Waals surface area contributed by atoms with Crippen molar-refractivity contribution in [3.63, 3.8) is 0 Å². The van der Waals surface area contributed by atoms with Crippen molar-refractivity contribution in [3.05, 3.63) is 0 Å². The standard InChI is InChI=1S/C9H10ClF5O2/c10-8(11,12)7(17,9(13,14)15)5-3-1-2-4-6(5)16/h5,17H,1-4H2/t5-,7-/m1/s1. The van der Waals surface area contributed by atoms with Crippen LogP contribution in [0.4, 0.5) is 22.0 Å². The summed E-state index contributed by atoms with van der Waals surface area (Å²) in [5, 5.41) is 4.31. The molecule has 1 fully saturated rings. The number of aliphatic hydroxyl groups is 1. The van der Waals surface area contributed by atoms with E-state index in [1.54, 1.807) is 0 Å². The third-order valence-corrected chi connectivity index (χ3v) is 3.21. The van der Waals surface area contributed by atoms with Crippen molar-refractivity contribution in [2.45, 2.75) is 42.8 Å². The number of carbonyl (C=O) groups excluding carboxylic acids is 1. The van der Waals surface area contributed by atoms with E-state index in [2.05, 4.69) is 11.6 Å². The fourth-order valence-electron chi connectivity index (χ4n) is 1.98. The lowest BCUT2D eigenvalue weighted by molar-refractivity contribution is -0.326. The fraction of sp³-hybridized carbons (Fsp3) is 0.889. The van der Waals surface area contributed by atoms with Crippen molar-refractivity contribution >= 4 is 17.4 Å². The number of Topliss-reactive ketones (excluding diaryl/α,β-unsaturated/α-hetero) is 1. The Morgan fingerprint density at radius 1 is 1.18 bits per heavy atom. The third kappa shape index (κ3) is 2.40. The first kappa shape index (κ1) is 14.6. The van der Waals surface area contributed by atoms with E-state index in [0.29, 0.717) is 6.42 Å². The molecular formula is C9H10ClF5O2. The number of carbonyl (C=O) groups is 1. The molecule has 100 valence electrons. The zero-order valence-corrected chi connectivity index (χ0v) is 9.28. The van der Waals surface area contributed by atoms with Crippen LogP contribution in [0.1, 0.15) is 25.7 Å². The Kier molecular flexibility index (Phi) is 3.74. The summed E-state index contributed by atoms with van der Waals surface area (Å²) in [6, 6.07) is 0. The Bertz CT molecular complexity index is 295. The molecule has 1 aliphatic rings. The molecule has 0 saturated heterocycles. The third-order valence-electron chi connectivity index (χ3n) is 2.92. The molecule has 8 heteroatoms. The Morgan fingerprint density at radius 2 is 1.71 bits per heavy atom. The highest BCUT2D eigenvalue weighted by molar-refractivity contribution is 6.22. The van der Waals surface area contributed by atoms with Crippen molar-refractivity contribution in [1.29, 1.82) is 0 Å². The summed E-state index contributed by atoms with van der Waals surface area (Å²) in [7, 11) is 0. The predicted molar refractivity (Wildman–Crippen MR) is 48.8 cm³/mol. The number of halogens is 6. The average Bonchev–Trinajstić information content (AvgIpc) is 2.13. The van der Waals surface area contributed by atoms with Gasteiger partial charge in [0.05, 0.1) is 5.92 Å². The molecule has 0 aromatic heterocycles. The van der Waals surface area contributed by atoms with Gasteiger partial charge in [-0.15, -0.1) is 0 Å². The average molecular weight is 281 g/mol. The van der Waals surface area contributed by atoms with Gasteiger partial charge in [-0.2, -0.15) is 22.0 Å². The number of ketones is 1. The summed E-state index contributed by atoms with van der Waals surface area (Å²) in [5.41, 5.74) is -4.50. The second kappa shape index (κ2) is 4.35. The summed E-state index contributed by atoms with van der Waals surface area (Å²) in [5.74, 6) is -3.24. The van der Waals surface area contributed by atoms with E-state index in [1.807, 2.05) is 0 Å². The zero-order chi connectivity index (χ0) is 13.5. The Labute approximate surface area is 98.7 Å². The first-order chi connectivity index (χ1) is 7.52. The van der Waals surface area contributed by atoms with E-state index in [0.717, 1.165) is 0 Å². The summed E-state index contributed by atoms with van der Waals surface area (Å²) in [4.78, 5) is 11.3. The molecule has 0 aromatic carbocycles. The summed E-state index contributed by atoms with van der Waals surface area (Å²) in [6.07, 6.45) is -5.87. The van der Waals surface area contributed by atoms with E-state index in [9.17, 15) is 31.9 Å². The molecule has 0 radical (unpaired) electrons. The Morgan fingerprint density at radius 3 is 2.06 bits per heavy atom. The van der Waals surface area contributed by atoms with E-state index in [1.165, 1.54) is 0 Å². The molecule has 1 N–H and O–H groups in total. The molecule has 0 heterocycles. The van der Waals surface area contributed by atoms with Crippen molar-refractivity contribution in [3.8, 4) is 0 Å². The molecule has 2 atom stereocenters. The van der Waals surface area contributed by atoms with Crippen molar-refractivity contribution in [2.75, 3.05) is 0 Å². The highest BCUT2D eigenvalue weighted by Crippen LogP contribution is 2.51. The van der Waals surface area contributed by atoms with Crippen LogP contribution in [-0.2, 0) is 4.79 Å². The first-order valence-electron chi connectivity index (χ1n) is 4.90. The smallest absolute Gasteiger partial charge is 0.374 e. The second-order valence-electron chi connectivity index (χ2n) is 4.03. The minimum atomic E-state index is -5.67. The molecule has 0 unspecified atom stereocenters. The number of rotatable bonds is 2. The molecule has 1 rings (SSSR count). The van der Waals surface area contributed by atoms with Gasteiger partial charge in [0.1, 0.15) is 5.78 Å². The van der Waals surface area contributed by atoms with Crippen LogP contribution in [0.5, 0.6) is 0 Å². The molecule has 1 aliphatic carbocycles. The van der Waals surface area contributed by atoms with Crippen LogP contribution in [0, 0.1) is 5.92 Å². The molecule has 17 heavy (non-hydrogen) atoms. The normalized spacial score (nSPS) is 26.8. The quantitative estimate of drug-likeness (QED) is 0.624. The molecular weight excluding hydrogens is 271 g/mol. The van der Waals surface area contributed by atoms with Gasteiger partial charge in [-0.1, -0.05) is 6.42 Å². The summed E-state index contributed by atoms with van der Waals surface area (Å²) < 4.78 is 63.5. The van der Waals surface area contributed by atoms with Crippen LogP contribution in [-0.4, -0.2) is 28.0 Å². The van der Waals surface area contributed by atoms with Crippen molar-refractivity contribution in [2.24, 2.45) is 5.92 Å². The topological polar surface area (TPSA) is 37.3 Å². The lowest BCUT2D eigenvalue weighted by Gasteiger charge is -2.40. The van der Waals surface area contributed by atoms with Crippen LogP contribution in [0.3, 0.4) is 0 Å². The van der Waals surface area contributed by atoms with Crippen LogP contribution in [0.15, 0.2) is 0 Å². The molecule has 1 saturated carbocycles. The van der Waals surface area contributed by atoms with Crippen LogP contribution < -0.4 is 0 Å². The predicted octanol–water partition coefficient (Wildman–Crippen LogP) is 2.87. The van der Waals surface area contributed by atoms with Gasteiger partial charge in [0.2, 0.25) is 5.60 Å². The number of hydrogen-bond acceptors (Lipinski definition) is 2. The van der Waals surface area contributed by atoms with Crippen molar-refractivity contribution in [1.82, 2.24) is 0 Å². The minimum absolute atomic E-state index is 0.168. The monoisotopic (exact) mass is 280 g/mol. The lowest BCUT2D eigenvalue weighted by Crippen LogP contribution is -2.63. The molecule has 0 spiro atoms. The number of alkyl halides is 6. The largest absolute Gasteiger partial charge is 0.425 e. The van der Waals surface area contributed by atoms with Crippen molar-refractivity contribution < 1.29 is 31.9 Å². The van der Waals surface area contributed by atoms with Gasteiger partial charge in [-0.25, -0.2) is 0 Å². The molecule has 0 aromatic rings. The SMILES string of the molecule is O=C1CCCC[C@H]1[C@](O)(C(F)(F)F)C(F)(F)Cl. The zero-order valence-electron chi connectivity index (χ0n) is 8.53. The summed E-state index contributed by atoms with van der Waals surface area (Å²) in [6.45, 7) is 0. The molecule has 0 aliphatic heterocycles. The molecule has 2 nitrogen and oxygen atoms in total. The number of hydrogen-bond donors (Lipinski definition) is 1. The lowest BCUT2D eigenvalue weighted by atomic mass is 9.75. The second-order valence-corrected chi connectivity index (χ2v) is 4.50. The maximum atomic E-state index is 12.9. The molecule has 0 amide bonds. The minimum Gasteiger partial charge on any atom is -0.374 e. The van der Waals surface area contributed by atoms with Gasteiger partial charge in [0.15, 0.2) is 0 Å².